The van der Waals surface area contributed by atoms with Gasteiger partial charge in [-0.25, -0.2) is 8.78 Å². The van der Waals surface area contributed by atoms with E-state index in [-0.39, 0.29) is 64.2 Å². The van der Waals surface area contributed by atoms with Crippen LogP contribution >= 0.6 is 23.5 Å². The van der Waals surface area contributed by atoms with Gasteiger partial charge >= 0.3 is 12.4 Å². The lowest BCUT2D eigenvalue weighted by atomic mass is 9.98. The topological polar surface area (TPSA) is 117 Å². The number of carbonyl (C=O) groups excluding carboxylic acids is 2. The number of fused-ring (bicyclic) bond motifs is 2. The van der Waals surface area contributed by atoms with E-state index in [2.05, 4.69) is 9.97 Å². The largest absolute Gasteiger partial charge is 0.416 e. The van der Waals surface area contributed by atoms with Crippen molar-refractivity contribution in [2.75, 3.05) is 52.2 Å². The van der Waals surface area contributed by atoms with Crippen LogP contribution in [-0.4, -0.2) is 103 Å². The van der Waals surface area contributed by atoms with Gasteiger partial charge in [0.05, 0.1) is 37.2 Å². The molecule has 2 amide bonds. The molecule has 2 aliphatic carbocycles. The maximum Gasteiger partial charge on any atom is 0.416 e. The third kappa shape index (κ3) is 19.0. The number of alkyl halides is 6. The van der Waals surface area contributed by atoms with Gasteiger partial charge in [0.15, 0.2) is 10.3 Å². The third-order valence-corrected chi connectivity index (χ3v) is 15.7. The van der Waals surface area contributed by atoms with Gasteiger partial charge in [-0.15, -0.1) is 0 Å². The molecule has 0 N–H and O–H groups in total. The molecule has 0 bridgehead atoms. The molecular formula is C74H80F8N8O4S2. The number of nitrogens with zero attached hydrogens (tertiary/aromatic N) is 8. The van der Waals surface area contributed by atoms with Crippen LogP contribution in [0.25, 0.3) is 22.3 Å². The number of carbonyl (C=O) groups is 2. The number of rotatable bonds is 26. The molecule has 1 atom stereocenters. The first-order chi connectivity index (χ1) is 59.7. The van der Waals surface area contributed by atoms with Crippen molar-refractivity contribution >= 4 is 35.3 Å². The van der Waals surface area contributed by atoms with Crippen LogP contribution in [-0.2, 0) is 85.0 Å². The fourth-order valence-electron chi connectivity index (χ4n) is 9.37. The van der Waals surface area contributed by atoms with Crippen LogP contribution in [0.2, 0.25) is 0 Å². The molecule has 2 aromatic heterocycles. The van der Waals surface area contributed by atoms with Crippen molar-refractivity contribution < 1.29 is 94.1 Å². The molecule has 12 nitrogen and oxygen atoms in total. The zero-order valence-corrected chi connectivity index (χ0v) is 53.2. The Labute approximate surface area is 614 Å². The number of halogens is 8. The summed E-state index contributed by atoms with van der Waals surface area (Å²) in [4.78, 5) is 67.0. The Morgan fingerprint density at radius 2 is 1.03 bits per heavy atom. The van der Waals surface area contributed by atoms with E-state index in [0.717, 1.165) is 58.6 Å². The van der Waals surface area contributed by atoms with Crippen LogP contribution in [0.4, 0.5) is 35.1 Å². The number of thioether (sulfide) groups is 2. The number of hydrogen-bond donors (Lipinski definition) is 0. The van der Waals surface area contributed by atoms with Crippen molar-refractivity contribution in [1.29, 1.82) is 0 Å². The van der Waals surface area contributed by atoms with Gasteiger partial charge in [-0.1, -0.05) is 155 Å². The van der Waals surface area contributed by atoms with Crippen LogP contribution in [0.1, 0.15) is 152 Å². The molecule has 2 aliphatic rings. The van der Waals surface area contributed by atoms with Crippen LogP contribution in [0.5, 0.6) is 0 Å². The summed E-state index contributed by atoms with van der Waals surface area (Å²) >= 11 is -0.451. The standard InChI is InChI=1S/2C37H40F4N4O2S/c1-4-43(5-2)18-19-44(22-26-6-10-28(11-7-26)29-12-14-30(15-13-29)37(39,40)41)34(46)23-45-33-21-25(3)20-32(33)35(47)42-36(45)48-24-27-8-16-31(38)17-9-27;1-4-43(5-2)19-20-44(22-26-9-13-28(14-10-26)29-15-18-32(25(3)21-29)37(39,40)41)34(46)23-45-33-8-6-7-31(33)35(47)42-36(45)48-24-27-11-16-30(38)17-12-27/h6-17,25H,4-5,18-24H2,1-3H3;9-18,21H,4-8,19-20,22-24H2,1-3H3/i4D2,5D2,8D,9D,16D,17D,20D2,21D2,23D2,24D2,25D;4D2,5D2,9D,10D,11D,12D,13D,14D,15D,16D,17D,18D,21D,23D2,24D2. The molecule has 0 aliphatic heterocycles. The predicted octanol–water partition coefficient (Wildman–Crippen LogP) is 15.0. The minimum Gasteiger partial charge on any atom is -0.336 e. The van der Waals surface area contributed by atoms with Crippen molar-refractivity contribution in [3.63, 3.8) is 0 Å². The molecule has 508 valence electrons. The zero-order chi connectivity index (χ0) is 101. The SMILES string of the molecule is [2H]c1c([2H])c(C([2H])([2H])Sc2nc(=O)c3c(n2C([2H])([2H])C(=O)N(CCN(C([2H])([2H])C)C([2H])([2H])C)Cc2c([2H])c([2H])c(-c4c([2H])c([2H])c(C(F)(F)F)c(C)c4[2H])c([2H])c2[2H])CCC3)c([2H])c([2H])c1F.[2H]c1c([2H])c(C([2H])([2H])Sc2nc(=O)c3c(n2C([2H])([2H])C(=O)N(CCN(C([2H])([2H])C)C([2H])([2H])C)Cc2ccc(-c4ccc(C(F)(F)F)cc4)cc2)C([2H])([2H])C([2H])(C)C3([2H])[2H])c([2H])c([2H])c1F. The van der Waals surface area contributed by atoms with E-state index in [1.807, 2.05) is 0 Å². The Hall–Kier alpha value is -7.92. The van der Waals surface area contributed by atoms with Gasteiger partial charge in [0.1, 0.15) is 24.6 Å². The minimum absolute atomic E-state index is 0.00473. The van der Waals surface area contributed by atoms with E-state index in [9.17, 15) is 59.8 Å². The lowest BCUT2D eigenvalue weighted by molar-refractivity contribution is -0.138. The molecule has 10 rings (SSSR count). The van der Waals surface area contributed by atoms with Crippen molar-refractivity contribution in [2.45, 2.75) is 134 Å². The van der Waals surface area contributed by atoms with Gasteiger partial charge < -0.3 is 28.7 Å². The van der Waals surface area contributed by atoms with Gasteiger partial charge in [0, 0.05) is 96.5 Å². The molecule has 22 heteroatoms. The Balaban J connectivity index is 0.000000297. The van der Waals surface area contributed by atoms with Gasteiger partial charge in [0.25, 0.3) is 11.1 Å². The second-order valence-corrected chi connectivity index (χ2v) is 22.0. The van der Waals surface area contributed by atoms with Crippen molar-refractivity contribution in [2.24, 2.45) is 5.89 Å². The molecule has 0 fully saturated rings. The highest BCUT2D eigenvalue weighted by Gasteiger charge is 2.34. The lowest BCUT2D eigenvalue weighted by Crippen LogP contribution is -2.40. The number of benzene rings is 6. The summed E-state index contributed by atoms with van der Waals surface area (Å²) in [5.41, 5.74) is -18.9. The molecular weight excluding hydrogens is 1280 g/mol. The first-order valence-corrected chi connectivity index (χ1v) is 30.3. The van der Waals surface area contributed by atoms with Crippen molar-refractivity contribution in [3.05, 3.63) is 233 Å². The summed E-state index contributed by atoms with van der Waals surface area (Å²) in [6.07, 6.45) is -16.4. The predicted molar refractivity (Wildman–Crippen MR) is 362 cm³/mol. The zero-order valence-electron chi connectivity index (χ0n) is 87.5. The highest BCUT2D eigenvalue weighted by atomic mass is 32.2. The van der Waals surface area contributed by atoms with Crippen LogP contribution in [0, 0.1) is 24.5 Å². The number of amides is 2. The quantitative estimate of drug-likeness (QED) is 0.0295. The van der Waals surface area contributed by atoms with Gasteiger partial charge in [-0.05, 0) is 163 Å². The van der Waals surface area contributed by atoms with Gasteiger partial charge in [-0.2, -0.15) is 36.3 Å². The van der Waals surface area contributed by atoms with E-state index < -0.39 is 312 Å². The second kappa shape index (κ2) is 32.9. The molecule has 0 spiro atoms. The average molecular weight is 1400 g/mol. The molecule has 0 radical (unpaired) electrons. The van der Waals surface area contributed by atoms with E-state index in [0.29, 0.717) is 30.4 Å². The summed E-state index contributed by atoms with van der Waals surface area (Å²) in [6, 6.07) is -7.86. The lowest BCUT2D eigenvalue weighted by Gasteiger charge is -2.28. The maximum absolute atomic E-state index is 14.9. The highest BCUT2D eigenvalue weighted by Crippen LogP contribution is 2.36. The smallest absolute Gasteiger partial charge is 0.336 e. The maximum atomic E-state index is 14.9. The monoisotopic (exact) mass is 1400 g/mol. The molecule has 96 heavy (non-hydrogen) atoms. The molecule has 0 saturated heterocycles. The van der Waals surface area contributed by atoms with Crippen LogP contribution in [0.15, 0.2) is 159 Å². The summed E-state index contributed by atoms with van der Waals surface area (Å²) in [5, 5.41) is -2.12. The third-order valence-electron chi connectivity index (χ3n) is 14.2. The Morgan fingerprint density at radius 3 is 1.52 bits per heavy atom. The van der Waals surface area contributed by atoms with Crippen molar-refractivity contribution in [3.8, 4) is 22.3 Å². The van der Waals surface area contributed by atoms with E-state index >= 15 is 0 Å². The molecule has 6 aromatic carbocycles. The average Bonchev–Trinajstić information content (AvgIpc) is 1.51. The Bertz CT molecular complexity index is 5900. The summed E-state index contributed by atoms with van der Waals surface area (Å²) in [6.45, 7) is -16.2. The Kier molecular flexibility index (Phi) is 13.1. The normalized spacial score (nSPS) is 22.0. The van der Waals surface area contributed by atoms with Crippen molar-refractivity contribution in [1.82, 2.24) is 38.7 Å². The number of aromatic nitrogens is 4. The van der Waals surface area contributed by atoms with E-state index in [4.69, 9.17) is 43.9 Å². The molecule has 1 unspecified atom stereocenters. The number of likely N-dealkylation sites (N-methyl/N-ethyl adjacent to an activating group) is 2. The second-order valence-electron chi connectivity index (χ2n) is 20.5. The summed E-state index contributed by atoms with van der Waals surface area (Å²) in [5.74, 6) is -9.55. The molecule has 8 aromatic rings. The summed E-state index contributed by atoms with van der Waals surface area (Å²) in [7, 11) is 0. The fourth-order valence-corrected chi connectivity index (χ4v) is 10.7. The fraction of sp³-hybridized carbons (Fsp3) is 0.378. The van der Waals surface area contributed by atoms with Crippen LogP contribution in [0.3, 0.4) is 0 Å². The van der Waals surface area contributed by atoms with Gasteiger partial charge in [-0.3, -0.25) is 19.2 Å². The van der Waals surface area contributed by atoms with Crippen LogP contribution < -0.4 is 11.1 Å². The minimum atomic E-state index is -5.19. The summed E-state index contributed by atoms with van der Waals surface area (Å²) < 4.78 is 419. The highest BCUT2D eigenvalue weighted by molar-refractivity contribution is 7.98. The number of hydrogen-bond acceptors (Lipinski definition) is 10. The molecule has 2 heterocycles. The molecule has 0 saturated carbocycles. The first-order valence-electron chi connectivity index (χ1n) is 46.7. The van der Waals surface area contributed by atoms with E-state index in [1.165, 1.54) is 36.4 Å². The first kappa shape index (κ1) is 38.3. The van der Waals surface area contributed by atoms with Gasteiger partial charge in [0.2, 0.25) is 11.8 Å². The Morgan fingerprint density at radius 1 is 0.573 bits per heavy atom. The van der Waals surface area contributed by atoms with E-state index in [1.54, 1.807) is 0 Å².